The second-order valence-corrected chi connectivity index (χ2v) is 5.12. The van der Waals surface area contributed by atoms with Crippen LogP contribution in [0.15, 0.2) is 30.5 Å². The summed E-state index contributed by atoms with van der Waals surface area (Å²) in [5, 5.41) is 1.65. The van der Waals surface area contributed by atoms with Gasteiger partial charge in [-0.3, -0.25) is 0 Å². The van der Waals surface area contributed by atoms with Gasteiger partial charge in [0.2, 0.25) is 0 Å². The molecule has 3 N–H and O–H groups in total. The second-order valence-electron chi connectivity index (χ2n) is 4.71. The second kappa shape index (κ2) is 4.28. The molecular weight excluding hydrogens is 258 g/mol. The largest absolute Gasteiger partial charge is 0.398 e. The van der Waals surface area contributed by atoms with Crippen LogP contribution in [0.3, 0.4) is 0 Å². The molecule has 0 atom stereocenters. The van der Waals surface area contributed by atoms with Crippen molar-refractivity contribution in [3.05, 3.63) is 46.7 Å². The topological polar surface area (TPSA) is 54.7 Å². The standard InChI is InChI=1S/C15H14ClN3/c1-8-3-4-10(7-12(8)17)13-9(2)19-15-14(13)11(16)5-6-18-15/h3-7H,17H2,1-2H3,(H,18,19). The molecule has 19 heavy (non-hydrogen) atoms. The van der Waals surface area contributed by atoms with Gasteiger partial charge >= 0.3 is 0 Å². The van der Waals surface area contributed by atoms with E-state index in [1.807, 2.05) is 26.0 Å². The number of aromatic nitrogens is 2. The zero-order chi connectivity index (χ0) is 13.6. The van der Waals surface area contributed by atoms with Gasteiger partial charge in [-0.25, -0.2) is 4.98 Å². The molecule has 0 amide bonds. The van der Waals surface area contributed by atoms with E-state index in [0.29, 0.717) is 5.02 Å². The third kappa shape index (κ3) is 1.87. The van der Waals surface area contributed by atoms with E-state index in [2.05, 4.69) is 16.0 Å². The molecular formula is C15H14ClN3. The number of fused-ring (bicyclic) bond motifs is 1. The highest BCUT2D eigenvalue weighted by atomic mass is 35.5. The van der Waals surface area contributed by atoms with Gasteiger partial charge in [0.15, 0.2) is 0 Å². The first-order valence-electron chi connectivity index (χ1n) is 6.07. The number of rotatable bonds is 1. The number of nitrogens with one attached hydrogen (secondary N) is 1. The Morgan fingerprint density at radius 2 is 2.00 bits per heavy atom. The van der Waals surface area contributed by atoms with Crippen LogP contribution in [0.25, 0.3) is 22.2 Å². The number of hydrogen-bond acceptors (Lipinski definition) is 2. The van der Waals surface area contributed by atoms with Gasteiger partial charge in [-0.2, -0.15) is 0 Å². The summed E-state index contributed by atoms with van der Waals surface area (Å²) in [5.41, 5.74) is 11.8. The lowest BCUT2D eigenvalue weighted by atomic mass is 10.0. The lowest BCUT2D eigenvalue weighted by Gasteiger charge is -2.06. The van der Waals surface area contributed by atoms with Crippen LogP contribution in [0.4, 0.5) is 5.69 Å². The number of nitrogens with zero attached hydrogens (tertiary/aromatic N) is 1. The smallest absolute Gasteiger partial charge is 0.139 e. The Kier molecular flexibility index (Phi) is 2.72. The van der Waals surface area contributed by atoms with Crippen LogP contribution in [0.1, 0.15) is 11.3 Å². The predicted octanol–water partition coefficient (Wildman–Crippen LogP) is 4.08. The summed E-state index contributed by atoms with van der Waals surface area (Å²) >= 11 is 6.31. The summed E-state index contributed by atoms with van der Waals surface area (Å²) in [7, 11) is 0. The molecule has 0 radical (unpaired) electrons. The fourth-order valence-electron chi connectivity index (χ4n) is 2.36. The van der Waals surface area contributed by atoms with E-state index in [4.69, 9.17) is 17.3 Å². The molecule has 4 heteroatoms. The molecule has 0 aliphatic heterocycles. The Bertz CT molecular complexity index is 774. The Morgan fingerprint density at radius 1 is 1.21 bits per heavy atom. The average molecular weight is 272 g/mol. The first-order chi connectivity index (χ1) is 9.08. The van der Waals surface area contributed by atoms with E-state index in [1.54, 1.807) is 12.3 Å². The van der Waals surface area contributed by atoms with Crippen LogP contribution in [0.5, 0.6) is 0 Å². The lowest BCUT2D eigenvalue weighted by Crippen LogP contribution is -1.90. The van der Waals surface area contributed by atoms with E-state index in [1.165, 1.54) is 0 Å². The van der Waals surface area contributed by atoms with Crippen molar-refractivity contribution < 1.29 is 0 Å². The molecule has 0 saturated heterocycles. The number of hydrogen-bond donors (Lipinski definition) is 2. The maximum absolute atomic E-state index is 6.31. The van der Waals surface area contributed by atoms with Gasteiger partial charge < -0.3 is 10.7 Å². The van der Waals surface area contributed by atoms with Crippen LogP contribution < -0.4 is 5.73 Å². The molecule has 1 aromatic carbocycles. The number of nitrogen functional groups attached to an aromatic ring is 1. The maximum Gasteiger partial charge on any atom is 0.139 e. The Balaban J connectivity index is 2.35. The fraction of sp³-hybridized carbons (Fsp3) is 0.133. The summed E-state index contributed by atoms with van der Waals surface area (Å²) < 4.78 is 0. The number of pyridine rings is 1. The summed E-state index contributed by atoms with van der Waals surface area (Å²) in [6, 6.07) is 7.87. The van der Waals surface area contributed by atoms with Gasteiger partial charge in [-0.05, 0) is 37.1 Å². The molecule has 0 saturated carbocycles. The normalized spacial score (nSPS) is 11.1. The van der Waals surface area contributed by atoms with Crippen molar-refractivity contribution in [2.75, 3.05) is 5.73 Å². The zero-order valence-corrected chi connectivity index (χ0v) is 11.5. The number of aryl methyl sites for hydroxylation is 2. The van der Waals surface area contributed by atoms with Crippen molar-refractivity contribution in [1.82, 2.24) is 9.97 Å². The van der Waals surface area contributed by atoms with Crippen molar-refractivity contribution in [3.63, 3.8) is 0 Å². The number of nitrogens with two attached hydrogens (primary N) is 1. The zero-order valence-electron chi connectivity index (χ0n) is 10.8. The minimum atomic E-state index is 0.698. The molecule has 0 unspecified atom stereocenters. The molecule has 0 fully saturated rings. The Labute approximate surface area is 116 Å². The van der Waals surface area contributed by atoms with Crippen molar-refractivity contribution in [2.45, 2.75) is 13.8 Å². The van der Waals surface area contributed by atoms with Gasteiger partial charge in [0.1, 0.15) is 5.65 Å². The van der Waals surface area contributed by atoms with Crippen LogP contribution in [0, 0.1) is 13.8 Å². The van der Waals surface area contributed by atoms with Gasteiger partial charge in [-0.1, -0.05) is 23.7 Å². The summed E-state index contributed by atoms with van der Waals surface area (Å²) in [5.74, 6) is 0. The average Bonchev–Trinajstić information content (AvgIpc) is 2.70. The third-order valence-electron chi connectivity index (χ3n) is 3.40. The van der Waals surface area contributed by atoms with Gasteiger partial charge in [0.05, 0.1) is 5.02 Å². The highest BCUT2D eigenvalue weighted by Gasteiger charge is 2.14. The summed E-state index contributed by atoms with van der Waals surface area (Å²) in [4.78, 5) is 7.58. The van der Waals surface area contributed by atoms with Crippen LogP contribution in [-0.2, 0) is 0 Å². The molecule has 2 aromatic heterocycles. The fourth-order valence-corrected chi connectivity index (χ4v) is 2.60. The van der Waals surface area contributed by atoms with Gasteiger partial charge in [0, 0.05) is 28.5 Å². The molecule has 0 bridgehead atoms. The minimum Gasteiger partial charge on any atom is -0.398 e. The van der Waals surface area contributed by atoms with E-state index >= 15 is 0 Å². The monoisotopic (exact) mass is 271 g/mol. The van der Waals surface area contributed by atoms with Crippen LogP contribution in [-0.4, -0.2) is 9.97 Å². The van der Waals surface area contributed by atoms with E-state index in [0.717, 1.165) is 39.1 Å². The molecule has 3 rings (SSSR count). The van der Waals surface area contributed by atoms with Gasteiger partial charge in [0.25, 0.3) is 0 Å². The highest BCUT2D eigenvalue weighted by molar-refractivity contribution is 6.36. The molecule has 96 valence electrons. The SMILES string of the molecule is Cc1ccc(-c2c(C)[nH]c3nccc(Cl)c23)cc1N. The van der Waals surface area contributed by atoms with E-state index < -0.39 is 0 Å². The van der Waals surface area contributed by atoms with Gasteiger partial charge in [-0.15, -0.1) is 0 Å². The molecule has 3 aromatic rings. The maximum atomic E-state index is 6.31. The Hall–Kier alpha value is -2.00. The quantitative estimate of drug-likeness (QED) is 0.655. The first kappa shape index (κ1) is 12.1. The Morgan fingerprint density at radius 3 is 2.74 bits per heavy atom. The van der Waals surface area contributed by atoms with E-state index in [-0.39, 0.29) is 0 Å². The number of anilines is 1. The van der Waals surface area contributed by atoms with E-state index in [9.17, 15) is 0 Å². The molecule has 0 aliphatic rings. The number of aromatic amines is 1. The number of halogens is 1. The molecule has 0 aliphatic carbocycles. The molecule has 2 heterocycles. The minimum absolute atomic E-state index is 0.698. The lowest BCUT2D eigenvalue weighted by molar-refractivity contribution is 1.25. The molecule has 0 spiro atoms. The predicted molar refractivity (Wildman–Crippen MR) is 80.4 cm³/mol. The van der Waals surface area contributed by atoms with Crippen molar-refractivity contribution >= 4 is 28.3 Å². The highest BCUT2D eigenvalue weighted by Crippen LogP contribution is 2.36. The van der Waals surface area contributed by atoms with Crippen LogP contribution >= 0.6 is 11.6 Å². The van der Waals surface area contributed by atoms with Crippen molar-refractivity contribution in [3.8, 4) is 11.1 Å². The summed E-state index contributed by atoms with van der Waals surface area (Å²) in [6.07, 6.45) is 1.70. The van der Waals surface area contributed by atoms with Crippen molar-refractivity contribution in [2.24, 2.45) is 0 Å². The number of benzene rings is 1. The molecule has 3 nitrogen and oxygen atoms in total. The number of H-pyrrole nitrogens is 1. The first-order valence-corrected chi connectivity index (χ1v) is 6.45. The van der Waals surface area contributed by atoms with Crippen molar-refractivity contribution in [1.29, 1.82) is 0 Å². The third-order valence-corrected chi connectivity index (χ3v) is 3.71. The van der Waals surface area contributed by atoms with Crippen LogP contribution in [0.2, 0.25) is 5.02 Å². The summed E-state index contributed by atoms with van der Waals surface area (Å²) in [6.45, 7) is 4.01.